The van der Waals surface area contributed by atoms with Gasteiger partial charge in [-0.25, -0.2) is 4.98 Å². The molecule has 1 amide bonds. The molecule has 0 aliphatic carbocycles. The fourth-order valence-electron chi connectivity index (χ4n) is 3.80. The average Bonchev–Trinajstić information content (AvgIpc) is 2.84. The predicted octanol–water partition coefficient (Wildman–Crippen LogP) is 2.28. The number of guanidine groups is 1. The zero-order valence-electron chi connectivity index (χ0n) is 19.3. The highest BCUT2D eigenvalue weighted by Gasteiger charge is 2.25. The van der Waals surface area contributed by atoms with Crippen molar-refractivity contribution in [3.63, 3.8) is 0 Å². The lowest BCUT2D eigenvalue weighted by atomic mass is 9.96. The van der Waals surface area contributed by atoms with Crippen LogP contribution in [-0.2, 0) is 17.9 Å². The highest BCUT2D eigenvalue weighted by Crippen LogP contribution is 2.27. The minimum Gasteiger partial charge on any atom is -0.493 e. The maximum Gasteiger partial charge on any atom is 0.220 e. The van der Waals surface area contributed by atoms with E-state index in [0.29, 0.717) is 30.5 Å². The van der Waals surface area contributed by atoms with Gasteiger partial charge in [0.2, 0.25) is 5.91 Å². The number of nitrogens with two attached hydrogens (primary N) is 1. The lowest BCUT2D eigenvalue weighted by molar-refractivity contribution is -0.122. The maximum atomic E-state index is 11.5. The molecule has 1 aliphatic rings. The summed E-state index contributed by atoms with van der Waals surface area (Å²) in [5.74, 6) is 2.74. The summed E-state index contributed by atoms with van der Waals surface area (Å²) in [6.45, 7) is 2.69. The first-order chi connectivity index (χ1) is 15.5. The van der Waals surface area contributed by atoms with Gasteiger partial charge in [-0.1, -0.05) is 12.1 Å². The van der Waals surface area contributed by atoms with Gasteiger partial charge in [0, 0.05) is 50.9 Å². The van der Waals surface area contributed by atoms with Crippen LogP contribution in [-0.4, -0.2) is 51.2 Å². The summed E-state index contributed by atoms with van der Waals surface area (Å²) in [6.07, 6.45) is 3.31. The molecule has 2 heterocycles. The molecule has 1 aromatic carbocycles. The number of aliphatic imine (C=N–C) groups is 1. The molecule has 1 aromatic heterocycles. The van der Waals surface area contributed by atoms with Gasteiger partial charge in [-0.2, -0.15) is 0 Å². The number of hydrogen-bond donors (Lipinski definition) is 3. The van der Waals surface area contributed by atoms with Crippen molar-refractivity contribution in [3.05, 3.63) is 47.7 Å². The van der Waals surface area contributed by atoms with E-state index in [0.717, 1.165) is 42.9 Å². The van der Waals surface area contributed by atoms with Crippen molar-refractivity contribution < 1.29 is 14.3 Å². The first-order valence-electron chi connectivity index (χ1n) is 10.7. The molecule has 0 saturated carbocycles. The van der Waals surface area contributed by atoms with E-state index in [9.17, 15) is 4.79 Å². The summed E-state index contributed by atoms with van der Waals surface area (Å²) >= 11 is 0. The van der Waals surface area contributed by atoms with Crippen molar-refractivity contribution >= 4 is 41.7 Å². The number of benzene rings is 1. The van der Waals surface area contributed by atoms with Crippen LogP contribution < -0.4 is 30.7 Å². The van der Waals surface area contributed by atoms with Crippen LogP contribution in [0.1, 0.15) is 24.0 Å². The van der Waals surface area contributed by atoms with Crippen LogP contribution in [0.4, 0.5) is 5.82 Å². The number of pyridine rings is 1. The molecule has 0 unspecified atom stereocenters. The maximum absolute atomic E-state index is 11.5. The van der Waals surface area contributed by atoms with Crippen LogP contribution in [0.2, 0.25) is 0 Å². The van der Waals surface area contributed by atoms with E-state index in [-0.39, 0.29) is 35.8 Å². The number of halogens is 1. The Morgan fingerprint density at radius 3 is 2.48 bits per heavy atom. The van der Waals surface area contributed by atoms with Crippen molar-refractivity contribution in [2.45, 2.75) is 25.9 Å². The number of aromatic nitrogens is 1. The van der Waals surface area contributed by atoms with Crippen LogP contribution in [0.25, 0.3) is 0 Å². The van der Waals surface area contributed by atoms with Crippen LogP contribution in [0.15, 0.2) is 41.5 Å². The van der Waals surface area contributed by atoms with Gasteiger partial charge in [0.05, 0.1) is 14.2 Å². The molecule has 0 bridgehead atoms. The number of hydrogen-bond acceptors (Lipinski definition) is 6. The van der Waals surface area contributed by atoms with E-state index in [1.807, 2.05) is 24.3 Å². The Balaban J connectivity index is 0.00000385. The summed E-state index contributed by atoms with van der Waals surface area (Å²) < 4.78 is 10.7. The summed E-state index contributed by atoms with van der Waals surface area (Å²) in [5.41, 5.74) is 7.58. The van der Waals surface area contributed by atoms with E-state index in [2.05, 4.69) is 31.6 Å². The molecule has 4 N–H and O–H groups in total. The number of ether oxygens (including phenoxy) is 2. The second kappa shape index (κ2) is 13.1. The first-order valence-corrected chi connectivity index (χ1v) is 10.7. The number of amides is 1. The van der Waals surface area contributed by atoms with Crippen molar-refractivity contribution in [1.29, 1.82) is 0 Å². The Morgan fingerprint density at radius 2 is 1.85 bits per heavy atom. The van der Waals surface area contributed by atoms with Crippen molar-refractivity contribution in [2.24, 2.45) is 16.6 Å². The largest absolute Gasteiger partial charge is 0.493 e. The molecule has 10 heteroatoms. The lowest BCUT2D eigenvalue weighted by Gasteiger charge is -2.32. The fourth-order valence-corrected chi connectivity index (χ4v) is 3.80. The van der Waals surface area contributed by atoms with E-state index < -0.39 is 0 Å². The number of nitrogens with one attached hydrogen (secondary N) is 2. The summed E-state index contributed by atoms with van der Waals surface area (Å²) in [5, 5.41) is 6.67. The smallest absolute Gasteiger partial charge is 0.220 e. The van der Waals surface area contributed by atoms with Crippen LogP contribution in [0.3, 0.4) is 0 Å². The molecule has 3 rings (SSSR count). The number of primary amides is 1. The molecule has 0 spiro atoms. The van der Waals surface area contributed by atoms with Gasteiger partial charge in [0.1, 0.15) is 5.82 Å². The second-order valence-corrected chi connectivity index (χ2v) is 7.62. The molecule has 180 valence electrons. The molecular weight excluding hydrogens is 535 g/mol. The third-order valence-corrected chi connectivity index (χ3v) is 5.64. The van der Waals surface area contributed by atoms with Gasteiger partial charge in [-0.05, 0) is 36.6 Å². The predicted molar refractivity (Wildman–Crippen MR) is 140 cm³/mol. The average molecular weight is 568 g/mol. The molecule has 0 atom stereocenters. The van der Waals surface area contributed by atoms with E-state index >= 15 is 0 Å². The zero-order chi connectivity index (χ0) is 22.9. The molecule has 1 saturated heterocycles. The Morgan fingerprint density at radius 1 is 1.15 bits per heavy atom. The number of rotatable bonds is 8. The molecule has 9 nitrogen and oxygen atoms in total. The monoisotopic (exact) mass is 568 g/mol. The third kappa shape index (κ3) is 7.11. The molecular formula is C23H33IN6O3. The first kappa shape index (κ1) is 26.5. The van der Waals surface area contributed by atoms with Gasteiger partial charge >= 0.3 is 0 Å². The van der Waals surface area contributed by atoms with Gasteiger partial charge in [0.15, 0.2) is 17.5 Å². The van der Waals surface area contributed by atoms with Crippen molar-refractivity contribution in [3.8, 4) is 11.5 Å². The van der Waals surface area contributed by atoms with Crippen LogP contribution in [0, 0.1) is 5.92 Å². The number of piperidine rings is 1. The molecule has 1 aliphatic heterocycles. The van der Waals surface area contributed by atoms with Crippen molar-refractivity contribution in [2.75, 3.05) is 39.3 Å². The second-order valence-electron chi connectivity index (χ2n) is 7.62. The van der Waals surface area contributed by atoms with E-state index in [1.165, 1.54) is 0 Å². The lowest BCUT2D eigenvalue weighted by Crippen LogP contribution is -2.40. The number of carbonyl (C=O) groups excluding carboxylic acids is 1. The quantitative estimate of drug-likeness (QED) is 0.255. The minimum absolute atomic E-state index is 0. The van der Waals surface area contributed by atoms with Gasteiger partial charge < -0.3 is 30.7 Å². The number of carbonyl (C=O) groups is 1. The van der Waals surface area contributed by atoms with E-state index in [1.54, 1.807) is 27.5 Å². The van der Waals surface area contributed by atoms with Gasteiger partial charge in [0.25, 0.3) is 0 Å². The summed E-state index contributed by atoms with van der Waals surface area (Å²) in [4.78, 5) is 22.6. The minimum atomic E-state index is -0.211. The molecule has 33 heavy (non-hydrogen) atoms. The molecule has 2 aromatic rings. The summed E-state index contributed by atoms with van der Waals surface area (Å²) in [6, 6.07) is 9.79. The van der Waals surface area contributed by atoms with Gasteiger partial charge in [-0.15, -0.1) is 24.0 Å². The highest BCUT2D eigenvalue weighted by molar-refractivity contribution is 14.0. The normalized spacial score (nSPS) is 14.3. The van der Waals surface area contributed by atoms with Crippen LogP contribution in [0.5, 0.6) is 11.5 Å². The highest BCUT2D eigenvalue weighted by atomic mass is 127. The number of anilines is 1. The van der Waals surface area contributed by atoms with E-state index in [4.69, 9.17) is 15.2 Å². The number of methoxy groups -OCH3 is 2. The summed E-state index contributed by atoms with van der Waals surface area (Å²) in [7, 11) is 4.98. The van der Waals surface area contributed by atoms with Crippen molar-refractivity contribution in [1.82, 2.24) is 15.6 Å². The standard InChI is InChI=1S/C23H32N6O3.HI/c1-25-23(27-14-16-6-7-19(31-2)20(13-16)32-3)28-15-18-5-4-10-26-22(18)29-11-8-17(9-12-29)21(24)30;/h4-7,10,13,17H,8-9,11-12,14-15H2,1-3H3,(H2,24,30)(H2,25,27,28);1H. The fraction of sp³-hybridized carbons (Fsp3) is 0.435. The Hall–Kier alpha value is -2.76. The molecule has 1 fully saturated rings. The number of nitrogens with zero attached hydrogens (tertiary/aromatic N) is 3. The van der Waals surface area contributed by atoms with Crippen LogP contribution >= 0.6 is 24.0 Å². The SMILES string of the molecule is CN=C(NCc1ccc(OC)c(OC)c1)NCc1cccnc1N1CCC(C(N)=O)CC1.I. The topological polar surface area (TPSA) is 114 Å². The van der Waals surface area contributed by atoms with Gasteiger partial charge in [-0.3, -0.25) is 9.79 Å². The molecule has 0 radical (unpaired) electrons. The third-order valence-electron chi connectivity index (χ3n) is 5.64. The Bertz CT molecular complexity index is 948. The zero-order valence-corrected chi connectivity index (χ0v) is 21.7. The Kier molecular flexibility index (Phi) is 10.5. The Labute approximate surface area is 212 Å².